The molecule has 1 aromatic carbocycles. The van der Waals surface area contributed by atoms with Gasteiger partial charge in [0.25, 0.3) is 5.91 Å². The molecule has 6 rings (SSSR count). The lowest BCUT2D eigenvalue weighted by Gasteiger charge is -2.37. The Morgan fingerprint density at radius 1 is 1.10 bits per heavy atom. The number of hydrogen-bond acceptors (Lipinski definition) is 6. The molecule has 3 aromatic rings. The van der Waals surface area contributed by atoms with Crippen LogP contribution in [0.5, 0.6) is 0 Å². The van der Waals surface area contributed by atoms with Gasteiger partial charge in [-0.1, -0.05) is 30.3 Å². The van der Waals surface area contributed by atoms with Crippen molar-refractivity contribution in [2.24, 2.45) is 0 Å². The maximum Gasteiger partial charge on any atom is 0.257 e. The zero-order chi connectivity index (χ0) is 20.3. The van der Waals surface area contributed by atoms with E-state index in [0.29, 0.717) is 25.9 Å². The molecule has 2 atom stereocenters. The number of nitrogens with zero attached hydrogens (tertiary/aromatic N) is 6. The lowest BCUT2D eigenvalue weighted by molar-refractivity contribution is -0.140. The van der Waals surface area contributed by atoms with E-state index in [9.17, 15) is 4.79 Å². The smallest absolute Gasteiger partial charge is 0.257 e. The predicted octanol–water partition coefficient (Wildman–Crippen LogP) is 2.79. The second-order valence-electron chi connectivity index (χ2n) is 8.17. The average molecular weight is 516 g/mol. The maximum atomic E-state index is 13.5. The summed E-state index contributed by atoms with van der Waals surface area (Å²) in [6.07, 6.45) is 6.44. The fraction of sp³-hybridized carbons (Fsp3) is 0.429. The molecule has 3 aliphatic rings. The zero-order valence-electron chi connectivity index (χ0n) is 16.3. The van der Waals surface area contributed by atoms with E-state index in [-0.39, 0.29) is 18.2 Å². The van der Waals surface area contributed by atoms with Crippen LogP contribution >= 0.6 is 22.6 Å². The van der Waals surface area contributed by atoms with Crippen LogP contribution in [-0.2, 0) is 9.53 Å². The van der Waals surface area contributed by atoms with Gasteiger partial charge in [-0.05, 0) is 41.0 Å². The van der Waals surface area contributed by atoms with Crippen molar-refractivity contribution < 1.29 is 9.53 Å². The van der Waals surface area contributed by atoms with Crippen molar-refractivity contribution >= 4 is 40.1 Å². The Kier molecular flexibility index (Phi) is 4.24. The minimum absolute atomic E-state index is 0.104. The molecule has 0 unspecified atom stereocenters. The van der Waals surface area contributed by atoms with Gasteiger partial charge in [0.15, 0.2) is 11.2 Å². The summed E-state index contributed by atoms with van der Waals surface area (Å²) in [6.45, 7) is 1.40. The number of ether oxygens (including phenoxy) is 1. The molecule has 1 spiro atoms. The van der Waals surface area contributed by atoms with E-state index in [2.05, 4.69) is 54.7 Å². The molecule has 3 fully saturated rings. The zero-order valence-corrected chi connectivity index (χ0v) is 18.5. The summed E-state index contributed by atoms with van der Waals surface area (Å²) >= 11 is 2.23. The number of halogens is 1. The average Bonchev–Trinajstić information content (AvgIpc) is 3.44. The Bertz CT molecular complexity index is 1110. The normalized spacial score (nSPS) is 25.4. The number of benzene rings is 1. The van der Waals surface area contributed by atoms with Gasteiger partial charge >= 0.3 is 0 Å². The molecule has 2 aromatic heterocycles. The van der Waals surface area contributed by atoms with Crippen molar-refractivity contribution in [2.75, 3.05) is 18.0 Å². The van der Waals surface area contributed by atoms with E-state index in [4.69, 9.17) is 4.74 Å². The standard InChI is InChI=1S/C21H21IN6O2/c22-15-12-25-28-18(15)23-13-24-20(28)26-10-8-21(9-11-26)19(29)27-16(6-7-17(27)30-21)14-4-2-1-3-5-14/h1-5,12-13,16-17H,6-11H2/t16-,17+/m0/s1. The largest absolute Gasteiger partial charge is 0.342 e. The predicted molar refractivity (Wildman–Crippen MR) is 118 cm³/mol. The Balaban J connectivity index is 1.23. The number of anilines is 1. The van der Waals surface area contributed by atoms with Gasteiger partial charge in [0.2, 0.25) is 5.95 Å². The van der Waals surface area contributed by atoms with Crippen molar-refractivity contribution in [1.82, 2.24) is 24.5 Å². The van der Waals surface area contributed by atoms with E-state index in [1.54, 1.807) is 17.0 Å². The summed E-state index contributed by atoms with van der Waals surface area (Å²) < 4.78 is 9.22. The van der Waals surface area contributed by atoms with Crippen molar-refractivity contribution in [3.05, 3.63) is 52.0 Å². The molecule has 154 valence electrons. The van der Waals surface area contributed by atoms with Gasteiger partial charge in [0.1, 0.15) is 12.6 Å². The molecule has 9 heteroatoms. The molecule has 30 heavy (non-hydrogen) atoms. The van der Waals surface area contributed by atoms with E-state index < -0.39 is 5.60 Å². The summed E-state index contributed by atoms with van der Waals surface area (Å²) in [4.78, 5) is 26.5. The van der Waals surface area contributed by atoms with Crippen molar-refractivity contribution in [3.8, 4) is 0 Å². The van der Waals surface area contributed by atoms with Crippen molar-refractivity contribution in [3.63, 3.8) is 0 Å². The number of fused-ring (bicyclic) bond motifs is 2. The maximum absolute atomic E-state index is 13.5. The molecule has 0 aliphatic carbocycles. The van der Waals surface area contributed by atoms with Gasteiger partial charge in [0, 0.05) is 25.9 Å². The summed E-state index contributed by atoms with van der Waals surface area (Å²) in [5, 5.41) is 4.42. The molecular weight excluding hydrogens is 495 g/mol. The van der Waals surface area contributed by atoms with E-state index in [1.165, 1.54) is 5.56 Å². The third-order valence-electron chi connectivity index (χ3n) is 6.60. The highest BCUT2D eigenvalue weighted by Crippen LogP contribution is 2.47. The number of aromatic nitrogens is 4. The van der Waals surface area contributed by atoms with Crippen LogP contribution in [0.1, 0.15) is 37.3 Å². The summed E-state index contributed by atoms with van der Waals surface area (Å²) in [6, 6.07) is 10.4. The van der Waals surface area contributed by atoms with E-state index in [1.807, 2.05) is 23.1 Å². The third kappa shape index (κ3) is 2.67. The van der Waals surface area contributed by atoms with Gasteiger partial charge < -0.3 is 14.5 Å². The molecule has 8 nitrogen and oxygen atoms in total. The first kappa shape index (κ1) is 18.5. The molecule has 0 saturated carbocycles. The Morgan fingerprint density at radius 2 is 1.90 bits per heavy atom. The van der Waals surface area contributed by atoms with Crippen LogP contribution in [0, 0.1) is 3.57 Å². The van der Waals surface area contributed by atoms with Crippen LogP contribution in [0.15, 0.2) is 42.9 Å². The van der Waals surface area contributed by atoms with Crippen LogP contribution in [0.25, 0.3) is 5.65 Å². The van der Waals surface area contributed by atoms with Gasteiger partial charge in [0.05, 0.1) is 15.8 Å². The fourth-order valence-corrected chi connectivity index (χ4v) is 5.60. The van der Waals surface area contributed by atoms with Crippen LogP contribution in [0.2, 0.25) is 0 Å². The topological polar surface area (TPSA) is 75.9 Å². The van der Waals surface area contributed by atoms with E-state index >= 15 is 0 Å². The molecule has 0 N–H and O–H groups in total. The Labute approximate surface area is 187 Å². The van der Waals surface area contributed by atoms with Crippen LogP contribution in [0.3, 0.4) is 0 Å². The second kappa shape index (κ2) is 6.88. The number of carbonyl (C=O) groups excluding carboxylic acids is 1. The quantitative estimate of drug-likeness (QED) is 0.488. The first-order valence-electron chi connectivity index (χ1n) is 10.3. The number of rotatable bonds is 2. The highest BCUT2D eigenvalue weighted by atomic mass is 127. The first-order chi connectivity index (χ1) is 14.7. The number of carbonyl (C=O) groups is 1. The minimum Gasteiger partial charge on any atom is -0.342 e. The summed E-state index contributed by atoms with van der Waals surface area (Å²) in [5.74, 6) is 0.922. The van der Waals surface area contributed by atoms with Crippen LogP contribution < -0.4 is 4.90 Å². The third-order valence-corrected chi connectivity index (χ3v) is 7.36. The molecule has 3 saturated heterocycles. The summed E-state index contributed by atoms with van der Waals surface area (Å²) in [7, 11) is 0. The highest BCUT2D eigenvalue weighted by Gasteiger charge is 2.58. The number of piperidine rings is 1. The Hall–Kier alpha value is -2.27. The van der Waals surface area contributed by atoms with Crippen LogP contribution in [0.4, 0.5) is 5.95 Å². The Morgan fingerprint density at radius 3 is 2.70 bits per heavy atom. The molecule has 0 bridgehead atoms. The van der Waals surface area contributed by atoms with Gasteiger partial charge in [-0.2, -0.15) is 9.61 Å². The SMILES string of the molecule is O=C1N2[C@@H](CC[C@H]2c2ccccc2)OC12CCN(c1ncnc3c(I)cnn13)CC2. The molecule has 5 heterocycles. The molecular formula is C21H21IN6O2. The minimum atomic E-state index is -0.709. The molecule has 0 radical (unpaired) electrons. The highest BCUT2D eigenvalue weighted by molar-refractivity contribution is 14.1. The number of amides is 1. The van der Waals surface area contributed by atoms with Gasteiger partial charge in [-0.25, -0.2) is 9.97 Å². The lowest BCUT2D eigenvalue weighted by atomic mass is 9.89. The molecule has 1 amide bonds. The van der Waals surface area contributed by atoms with Crippen molar-refractivity contribution in [2.45, 2.75) is 43.6 Å². The fourth-order valence-electron chi connectivity index (χ4n) is 5.11. The van der Waals surface area contributed by atoms with Gasteiger partial charge in [-0.15, -0.1) is 0 Å². The summed E-state index contributed by atoms with van der Waals surface area (Å²) in [5.41, 5.74) is 1.29. The van der Waals surface area contributed by atoms with Gasteiger partial charge in [-0.3, -0.25) is 4.79 Å². The lowest BCUT2D eigenvalue weighted by Crippen LogP contribution is -2.51. The number of hydrogen-bond donors (Lipinski definition) is 0. The first-order valence-corrected chi connectivity index (χ1v) is 11.4. The molecule has 3 aliphatic heterocycles. The monoisotopic (exact) mass is 516 g/mol. The van der Waals surface area contributed by atoms with Crippen molar-refractivity contribution in [1.29, 1.82) is 0 Å². The van der Waals surface area contributed by atoms with Crippen LogP contribution in [-0.4, -0.2) is 55.3 Å². The second-order valence-corrected chi connectivity index (χ2v) is 9.33. The van der Waals surface area contributed by atoms with E-state index in [0.717, 1.165) is 28.0 Å².